The summed E-state index contributed by atoms with van der Waals surface area (Å²) >= 11 is 1.19. The van der Waals surface area contributed by atoms with Crippen LogP contribution in [0.5, 0.6) is 5.75 Å². The maximum absolute atomic E-state index is 12.3. The first-order chi connectivity index (χ1) is 13.0. The van der Waals surface area contributed by atoms with E-state index in [-0.39, 0.29) is 17.2 Å². The van der Waals surface area contributed by atoms with E-state index in [1.165, 1.54) is 41.8 Å². The summed E-state index contributed by atoms with van der Waals surface area (Å²) in [5.41, 5.74) is 1.27. The molecule has 7 nitrogen and oxygen atoms in total. The molecule has 0 aliphatic carbocycles. The highest BCUT2D eigenvalue weighted by Gasteiger charge is 2.15. The van der Waals surface area contributed by atoms with Gasteiger partial charge in [-0.15, -0.1) is 11.3 Å². The summed E-state index contributed by atoms with van der Waals surface area (Å²) in [7, 11) is -2.17. The number of amides is 1. The van der Waals surface area contributed by atoms with Gasteiger partial charge in [0.05, 0.1) is 18.4 Å². The number of ether oxygens (including phenoxy) is 1. The minimum absolute atomic E-state index is 0.0837. The molecule has 0 saturated carbocycles. The van der Waals surface area contributed by atoms with Gasteiger partial charge < -0.3 is 10.1 Å². The molecule has 1 aromatic heterocycles. The summed E-state index contributed by atoms with van der Waals surface area (Å²) in [6.45, 7) is 0. The number of thiazole rings is 1. The van der Waals surface area contributed by atoms with Crippen molar-refractivity contribution in [1.29, 1.82) is 0 Å². The zero-order chi connectivity index (χ0) is 19.3. The van der Waals surface area contributed by atoms with Crippen molar-refractivity contribution in [2.24, 2.45) is 0 Å². The van der Waals surface area contributed by atoms with Crippen molar-refractivity contribution in [3.63, 3.8) is 0 Å². The van der Waals surface area contributed by atoms with Gasteiger partial charge in [0.1, 0.15) is 5.75 Å². The maximum Gasteiger partial charge on any atom is 0.263 e. The zero-order valence-electron chi connectivity index (χ0n) is 14.4. The number of benzene rings is 2. The Bertz CT molecular complexity index is 1020. The summed E-state index contributed by atoms with van der Waals surface area (Å²) in [4.78, 5) is 16.2. The van der Waals surface area contributed by atoms with Crippen LogP contribution in [0, 0.1) is 0 Å². The van der Waals surface area contributed by atoms with Gasteiger partial charge in [0.25, 0.3) is 10.0 Å². The quantitative estimate of drug-likeness (QED) is 0.632. The first kappa shape index (κ1) is 18.9. The number of sulfonamides is 1. The molecule has 0 saturated heterocycles. The minimum atomic E-state index is -3.72. The van der Waals surface area contributed by atoms with Crippen molar-refractivity contribution in [3.05, 3.63) is 65.7 Å². The van der Waals surface area contributed by atoms with Crippen molar-refractivity contribution in [2.75, 3.05) is 17.1 Å². The van der Waals surface area contributed by atoms with Gasteiger partial charge in [0, 0.05) is 22.8 Å². The molecule has 2 aromatic carbocycles. The predicted molar refractivity (Wildman–Crippen MR) is 105 cm³/mol. The van der Waals surface area contributed by atoms with E-state index in [1.807, 2.05) is 18.2 Å². The normalized spacial score (nSPS) is 11.0. The van der Waals surface area contributed by atoms with Crippen LogP contribution >= 0.6 is 11.3 Å². The van der Waals surface area contributed by atoms with E-state index in [1.54, 1.807) is 18.6 Å². The van der Waals surface area contributed by atoms with Gasteiger partial charge in [-0.25, -0.2) is 13.4 Å². The Hall–Kier alpha value is -2.91. The average Bonchev–Trinajstić information content (AvgIpc) is 3.15. The standard InChI is InChI=1S/C18H17N3O4S2/c1-25-16-5-3-2-4-13(16)12-17(22)20-14-6-8-15(9-7-14)27(23,24)21-18-19-10-11-26-18/h2-11H,12H2,1H3,(H,19,21)(H,20,22). The molecular formula is C18H17N3O4S2. The Kier molecular flexibility index (Phi) is 5.72. The van der Waals surface area contributed by atoms with Crippen molar-refractivity contribution in [2.45, 2.75) is 11.3 Å². The molecule has 3 rings (SSSR count). The van der Waals surface area contributed by atoms with Crippen molar-refractivity contribution < 1.29 is 17.9 Å². The van der Waals surface area contributed by atoms with Crippen LogP contribution in [0.4, 0.5) is 10.8 Å². The molecule has 0 aliphatic rings. The summed E-state index contributed by atoms with van der Waals surface area (Å²) in [6.07, 6.45) is 1.67. The molecule has 0 fully saturated rings. The number of carbonyl (C=O) groups excluding carboxylic acids is 1. The third-order valence-corrected chi connectivity index (χ3v) is 5.82. The van der Waals surface area contributed by atoms with Crippen molar-refractivity contribution in [3.8, 4) is 5.75 Å². The highest BCUT2D eigenvalue weighted by molar-refractivity contribution is 7.93. The number of hydrogen-bond donors (Lipinski definition) is 2. The second-order valence-corrected chi connectivity index (χ2v) is 8.08. The molecule has 2 N–H and O–H groups in total. The van der Waals surface area contributed by atoms with Crippen LogP contribution in [0.15, 0.2) is 65.0 Å². The van der Waals surface area contributed by atoms with E-state index < -0.39 is 10.0 Å². The molecule has 140 valence electrons. The predicted octanol–water partition coefficient (Wildman–Crippen LogP) is 3.13. The number of rotatable bonds is 7. The fourth-order valence-corrected chi connectivity index (χ4v) is 4.18. The van der Waals surface area contributed by atoms with Gasteiger partial charge in [0.15, 0.2) is 5.13 Å². The smallest absolute Gasteiger partial charge is 0.263 e. The zero-order valence-corrected chi connectivity index (χ0v) is 16.0. The first-order valence-electron chi connectivity index (χ1n) is 7.92. The van der Waals surface area contributed by atoms with Crippen LogP contribution < -0.4 is 14.8 Å². The van der Waals surface area contributed by atoms with Crippen LogP contribution in [0.3, 0.4) is 0 Å². The maximum atomic E-state index is 12.3. The second kappa shape index (κ2) is 8.19. The summed E-state index contributed by atoms with van der Waals surface area (Å²) in [5, 5.41) is 4.72. The van der Waals surface area contributed by atoms with Gasteiger partial charge in [0.2, 0.25) is 5.91 Å². The van der Waals surface area contributed by atoms with Gasteiger partial charge in [-0.3, -0.25) is 9.52 Å². The lowest BCUT2D eigenvalue weighted by Gasteiger charge is -2.10. The molecule has 0 atom stereocenters. The molecule has 3 aromatic rings. The van der Waals surface area contributed by atoms with Gasteiger partial charge in [-0.2, -0.15) is 0 Å². The molecule has 9 heteroatoms. The Morgan fingerprint density at radius 3 is 2.56 bits per heavy atom. The molecule has 0 radical (unpaired) electrons. The first-order valence-corrected chi connectivity index (χ1v) is 10.3. The number of methoxy groups -OCH3 is 1. The van der Waals surface area contributed by atoms with Crippen molar-refractivity contribution >= 4 is 38.1 Å². The highest BCUT2D eigenvalue weighted by atomic mass is 32.2. The monoisotopic (exact) mass is 403 g/mol. The van der Waals surface area contributed by atoms with Crippen LogP contribution in [-0.2, 0) is 21.2 Å². The number of anilines is 2. The summed E-state index contributed by atoms with van der Waals surface area (Å²) in [6, 6.07) is 13.2. The number of para-hydroxylation sites is 1. The molecular weight excluding hydrogens is 386 g/mol. The van der Waals surface area contributed by atoms with Gasteiger partial charge in [-0.05, 0) is 30.3 Å². The van der Waals surface area contributed by atoms with Crippen molar-refractivity contribution in [1.82, 2.24) is 4.98 Å². The second-order valence-electron chi connectivity index (χ2n) is 5.50. The summed E-state index contributed by atoms with van der Waals surface area (Å²) < 4.78 is 32.2. The number of nitrogens with zero attached hydrogens (tertiary/aromatic N) is 1. The van der Waals surface area contributed by atoms with Gasteiger partial charge in [-0.1, -0.05) is 18.2 Å². The molecule has 0 aliphatic heterocycles. The number of aromatic nitrogens is 1. The fraction of sp³-hybridized carbons (Fsp3) is 0.111. The average molecular weight is 403 g/mol. The number of nitrogens with one attached hydrogen (secondary N) is 2. The highest BCUT2D eigenvalue weighted by Crippen LogP contribution is 2.21. The number of carbonyl (C=O) groups is 1. The van der Waals surface area contributed by atoms with E-state index in [0.717, 1.165) is 5.56 Å². The summed E-state index contributed by atoms with van der Waals surface area (Å²) in [5.74, 6) is 0.415. The Morgan fingerprint density at radius 2 is 1.89 bits per heavy atom. The van der Waals surface area contributed by atoms with E-state index in [4.69, 9.17) is 4.74 Å². The van der Waals surface area contributed by atoms with E-state index in [9.17, 15) is 13.2 Å². The Morgan fingerprint density at radius 1 is 1.15 bits per heavy atom. The van der Waals surface area contributed by atoms with Gasteiger partial charge >= 0.3 is 0 Å². The van der Waals surface area contributed by atoms with Crippen LogP contribution in [-0.4, -0.2) is 26.4 Å². The Labute approximate surface area is 161 Å². The molecule has 1 amide bonds. The third-order valence-electron chi connectivity index (χ3n) is 3.65. The van der Waals surface area contributed by atoms with E-state index in [2.05, 4.69) is 15.0 Å². The lowest BCUT2D eigenvalue weighted by atomic mass is 10.1. The topological polar surface area (TPSA) is 97.4 Å². The fourth-order valence-electron chi connectivity index (χ4n) is 2.39. The molecule has 0 bridgehead atoms. The molecule has 1 heterocycles. The minimum Gasteiger partial charge on any atom is -0.496 e. The Balaban J connectivity index is 1.66. The lowest BCUT2D eigenvalue weighted by Crippen LogP contribution is -2.15. The molecule has 0 spiro atoms. The van der Waals surface area contributed by atoms with Crippen LogP contribution in [0.2, 0.25) is 0 Å². The SMILES string of the molecule is COc1ccccc1CC(=O)Nc1ccc(S(=O)(=O)Nc2nccs2)cc1. The molecule has 27 heavy (non-hydrogen) atoms. The van der Waals surface area contributed by atoms with E-state index in [0.29, 0.717) is 16.6 Å². The van der Waals surface area contributed by atoms with Crippen LogP contribution in [0.1, 0.15) is 5.56 Å². The number of hydrogen-bond acceptors (Lipinski definition) is 6. The molecule has 0 unspecified atom stereocenters. The largest absolute Gasteiger partial charge is 0.496 e. The van der Waals surface area contributed by atoms with Crippen LogP contribution in [0.25, 0.3) is 0 Å². The third kappa shape index (κ3) is 4.83. The van der Waals surface area contributed by atoms with E-state index >= 15 is 0 Å². The lowest BCUT2D eigenvalue weighted by molar-refractivity contribution is -0.115.